The Bertz CT molecular complexity index is 1260. The van der Waals surface area contributed by atoms with Crippen LogP contribution in [-0.4, -0.2) is 27.2 Å². The first-order valence-electron chi connectivity index (χ1n) is 9.28. The van der Waals surface area contributed by atoms with Crippen LogP contribution in [0.15, 0.2) is 59.9 Å². The summed E-state index contributed by atoms with van der Waals surface area (Å²) in [5, 5.41) is 11.3. The zero-order valence-electron chi connectivity index (χ0n) is 15.5. The second-order valence-electron chi connectivity index (χ2n) is 6.87. The second kappa shape index (κ2) is 6.70. The third-order valence-corrected chi connectivity index (χ3v) is 5.24. The Morgan fingerprint density at radius 3 is 2.93 bits per heavy atom. The highest BCUT2D eigenvalue weighted by molar-refractivity contribution is 6.10. The number of carbonyl (C=O) groups is 1. The number of nitrogens with zero attached hydrogens (tertiary/aromatic N) is 3. The van der Waals surface area contributed by atoms with Crippen LogP contribution in [0.2, 0.25) is 0 Å². The highest BCUT2D eigenvalue weighted by Crippen LogP contribution is 2.39. The van der Waals surface area contributed by atoms with Crippen LogP contribution >= 0.6 is 0 Å². The first kappa shape index (κ1) is 17.4. The number of hydrogen-bond donors (Lipinski definition) is 1. The zero-order chi connectivity index (χ0) is 20.0. The number of rotatable bonds is 4. The Balaban J connectivity index is 1.80. The molecule has 0 aliphatic carbocycles. The minimum atomic E-state index is -0.393. The van der Waals surface area contributed by atoms with Crippen molar-refractivity contribution in [2.24, 2.45) is 0 Å². The van der Waals surface area contributed by atoms with Crippen LogP contribution in [0, 0.1) is 5.82 Å². The number of nitrogens with one attached hydrogen (secondary N) is 1. The number of aromatic nitrogens is 3. The van der Waals surface area contributed by atoms with Gasteiger partial charge in [-0.3, -0.25) is 4.79 Å². The Morgan fingerprint density at radius 2 is 2.17 bits per heavy atom. The second-order valence-corrected chi connectivity index (χ2v) is 6.87. The summed E-state index contributed by atoms with van der Waals surface area (Å²) in [7, 11) is 0. The van der Waals surface area contributed by atoms with Crippen molar-refractivity contribution in [1.29, 1.82) is 0 Å². The van der Waals surface area contributed by atoms with E-state index in [0.29, 0.717) is 36.2 Å². The van der Waals surface area contributed by atoms with Gasteiger partial charge in [-0.05, 0) is 42.3 Å². The molecule has 0 radical (unpaired) electrons. The maximum Gasteiger partial charge on any atom is 0.251 e. The summed E-state index contributed by atoms with van der Waals surface area (Å²) < 4.78 is 22.5. The molecular weight excluding hydrogens is 371 g/mol. The Labute approximate surface area is 165 Å². The van der Waals surface area contributed by atoms with Crippen LogP contribution in [0.5, 0.6) is 0 Å². The van der Waals surface area contributed by atoms with Gasteiger partial charge in [0.1, 0.15) is 5.82 Å². The first-order chi connectivity index (χ1) is 14.2. The number of carbonyl (C=O) groups excluding carboxylic acids is 1. The zero-order valence-corrected chi connectivity index (χ0v) is 15.5. The summed E-state index contributed by atoms with van der Waals surface area (Å²) in [6, 6.07) is 10.5. The van der Waals surface area contributed by atoms with Gasteiger partial charge in [0.25, 0.3) is 5.91 Å². The standard InChI is InChI=1S/C22H17FN4O2/c1-2-10-27-18-5-3-4-16-19(18)15(8-9-24-21(16)28)20(27)14-7-6-13(11-17(14)23)22-26-25-12-29-22/h2-7,11-12H,1,8-10H2,(H,24,28). The van der Waals surface area contributed by atoms with Gasteiger partial charge in [0.05, 0.1) is 5.69 Å². The van der Waals surface area contributed by atoms with Gasteiger partial charge in [-0.25, -0.2) is 4.39 Å². The molecule has 6 nitrogen and oxygen atoms in total. The fraction of sp³-hybridized carbons (Fsp3) is 0.136. The molecule has 5 rings (SSSR count). The van der Waals surface area contributed by atoms with E-state index >= 15 is 4.39 Å². The van der Waals surface area contributed by atoms with Gasteiger partial charge in [-0.15, -0.1) is 16.8 Å². The van der Waals surface area contributed by atoms with E-state index < -0.39 is 5.82 Å². The number of hydrogen-bond acceptors (Lipinski definition) is 4. The molecular formula is C22H17FN4O2. The molecule has 1 amide bonds. The average Bonchev–Trinajstić information content (AvgIpc) is 3.32. The van der Waals surface area contributed by atoms with Crippen LogP contribution in [0.1, 0.15) is 15.9 Å². The van der Waals surface area contributed by atoms with Gasteiger partial charge in [-0.2, -0.15) is 0 Å². The summed E-state index contributed by atoms with van der Waals surface area (Å²) >= 11 is 0. The summed E-state index contributed by atoms with van der Waals surface area (Å²) in [5.41, 5.74) is 4.20. The summed E-state index contributed by atoms with van der Waals surface area (Å²) in [6.07, 6.45) is 3.60. The molecule has 0 saturated carbocycles. The van der Waals surface area contributed by atoms with Gasteiger partial charge >= 0.3 is 0 Å². The van der Waals surface area contributed by atoms with Gasteiger partial charge in [0.2, 0.25) is 12.3 Å². The van der Waals surface area contributed by atoms with Crippen molar-refractivity contribution in [3.63, 3.8) is 0 Å². The summed E-state index contributed by atoms with van der Waals surface area (Å²) in [6.45, 7) is 4.85. The van der Waals surface area contributed by atoms with Crippen LogP contribution in [0.25, 0.3) is 33.6 Å². The highest BCUT2D eigenvalue weighted by atomic mass is 19.1. The number of benzene rings is 2. The lowest BCUT2D eigenvalue weighted by molar-refractivity contribution is 0.0957. The molecule has 7 heteroatoms. The van der Waals surface area contributed by atoms with Crippen LogP contribution < -0.4 is 5.32 Å². The van der Waals surface area contributed by atoms with E-state index in [9.17, 15) is 4.79 Å². The van der Waals surface area contributed by atoms with E-state index in [4.69, 9.17) is 4.42 Å². The molecule has 2 aromatic carbocycles. The maximum absolute atomic E-state index is 15.3. The van der Waals surface area contributed by atoms with E-state index in [1.165, 1.54) is 12.5 Å². The minimum Gasteiger partial charge on any atom is -0.423 e. The lowest BCUT2D eigenvalue weighted by Gasteiger charge is -2.13. The quantitative estimate of drug-likeness (QED) is 0.537. The summed E-state index contributed by atoms with van der Waals surface area (Å²) in [4.78, 5) is 12.5. The molecule has 2 aromatic heterocycles. The van der Waals surface area contributed by atoms with Crippen LogP contribution in [0.4, 0.5) is 4.39 Å². The molecule has 0 atom stereocenters. The predicted molar refractivity (Wildman–Crippen MR) is 107 cm³/mol. The van der Waals surface area contributed by atoms with E-state index in [1.807, 2.05) is 22.8 Å². The molecule has 1 aliphatic rings. The minimum absolute atomic E-state index is 0.108. The van der Waals surface area contributed by atoms with Gasteiger partial charge in [0.15, 0.2) is 0 Å². The highest BCUT2D eigenvalue weighted by Gasteiger charge is 2.26. The molecule has 3 heterocycles. The van der Waals surface area contributed by atoms with Crippen molar-refractivity contribution in [3.8, 4) is 22.7 Å². The first-order valence-corrected chi connectivity index (χ1v) is 9.28. The monoisotopic (exact) mass is 388 g/mol. The molecule has 1 N–H and O–H groups in total. The number of amides is 1. The van der Waals surface area contributed by atoms with E-state index in [2.05, 4.69) is 22.1 Å². The lowest BCUT2D eigenvalue weighted by atomic mass is 9.99. The maximum atomic E-state index is 15.3. The Morgan fingerprint density at radius 1 is 1.28 bits per heavy atom. The van der Waals surface area contributed by atoms with Crippen molar-refractivity contribution in [2.45, 2.75) is 13.0 Å². The van der Waals surface area contributed by atoms with E-state index in [0.717, 1.165) is 22.2 Å². The van der Waals surface area contributed by atoms with Crippen molar-refractivity contribution in [1.82, 2.24) is 20.1 Å². The molecule has 0 fully saturated rings. The summed E-state index contributed by atoms with van der Waals surface area (Å²) in [5.74, 6) is -0.240. The van der Waals surface area contributed by atoms with Crippen molar-refractivity contribution in [3.05, 3.63) is 72.4 Å². The molecule has 0 spiro atoms. The molecule has 29 heavy (non-hydrogen) atoms. The van der Waals surface area contributed by atoms with E-state index in [1.54, 1.807) is 18.2 Å². The Kier molecular flexibility index (Phi) is 4.01. The third-order valence-electron chi connectivity index (χ3n) is 5.24. The average molecular weight is 388 g/mol. The smallest absolute Gasteiger partial charge is 0.251 e. The molecule has 0 bridgehead atoms. The fourth-order valence-electron chi connectivity index (χ4n) is 4.08. The normalized spacial score (nSPS) is 13.3. The SMILES string of the molecule is C=CCn1c(-c2ccc(-c3nnco3)cc2F)c2c3c(cccc31)C(=O)NCC2. The molecule has 1 aliphatic heterocycles. The number of allylic oxidation sites excluding steroid dienone is 1. The largest absolute Gasteiger partial charge is 0.423 e. The van der Waals surface area contributed by atoms with Crippen molar-refractivity contribution in [2.75, 3.05) is 6.54 Å². The van der Waals surface area contributed by atoms with Gasteiger partial charge < -0.3 is 14.3 Å². The Hall–Kier alpha value is -3.74. The van der Waals surface area contributed by atoms with Crippen molar-refractivity contribution >= 4 is 16.8 Å². The molecule has 0 unspecified atom stereocenters. The van der Waals surface area contributed by atoms with E-state index in [-0.39, 0.29) is 11.8 Å². The fourth-order valence-corrected chi connectivity index (χ4v) is 4.08. The predicted octanol–water partition coefficient (Wildman–Crippen LogP) is 3.97. The topological polar surface area (TPSA) is 73.0 Å². The molecule has 0 saturated heterocycles. The number of halogens is 1. The third kappa shape index (κ3) is 2.66. The van der Waals surface area contributed by atoms with Crippen LogP contribution in [0.3, 0.4) is 0 Å². The molecule has 144 valence electrons. The van der Waals surface area contributed by atoms with Crippen molar-refractivity contribution < 1.29 is 13.6 Å². The molecule has 4 aromatic rings. The van der Waals surface area contributed by atoms with Gasteiger partial charge in [0, 0.05) is 40.7 Å². The van der Waals surface area contributed by atoms with Gasteiger partial charge in [-0.1, -0.05) is 12.1 Å². The lowest BCUT2D eigenvalue weighted by Crippen LogP contribution is -2.23. The van der Waals surface area contributed by atoms with Crippen LogP contribution in [-0.2, 0) is 13.0 Å².